The first-order chi connectivity index (χ1) is 22.5. The van der Waals surface area contributed by atoms with Gasteiger partial charge in [-0.25, -0.2) is 30.4 Å². The van der Waals surface area contributed by atoms with Crippen molar-refractivity contribution in [1.82, 2.24) is 39.3 Å². The van der Waals surface area contributed by atoms with Crippen molar-refractivity contribution in [3.8, 4) is 0 Å². The zero-order valence-electron chi connectivity index (χ0n) is 26.7. The minimum atomic E-state index is -0.380. The molecule has 0 aromatic carbocycles. The van der Waals surface area contributed by atoms with Crippen LogP contribution in [0.3, 0.4) is 0 Å². The van der Waals surface area contributed by atoms with Crippen molar-refractivity contribution in [2.75, 3.05) is 22.5 Å². The lowest BCUT2D eigenvalue weighted by Crippen LogP contribution is -2.51. The molecule has 4 aromatic rings. The number of imidazole rings is 2. The van der Waals surface area contributed by atoms with Crippen molar-refractivity contribution in [3.05, 3.63) is 45.0 Å². The number of nitrogen functional groups attached to an aromatic ring is 2. The van der Waals surface area contributed by atoms with Crippen molar-refractivity contribution in [3.63, 3.8) is 0 Å². The number of anilines is 2. The fraction of sp³-hybridized carbons (Fsp3) is 0.548. The lowest BCUT2D eigenvalue weighted by molar-refractivity contribution is -0.0407. The summed E-state index contributed by atoms with van der Waals surface area (Å²) in [6.07, 6.45) is 14.2. The Balaban J connectivity index is 0.984. The van der Waals surface area contributed by atoms with E-state index in [1.54, 1.807) is 4.68 Å². The Labute approximate surface area is 269 Å². The van der Waals surface area contributed by atoms with E-state index < -0.39 is 0 Å². The third-order valence-electron chi connectivity index (χ3n) is 12.0. The maximum absolute atomic E-state index is 12.2. The normalized spacial score (nSPS) is 31.4. The summed E-state index contributed by atoms with van der Waals surface area (Å²) in [5, 5.41) is 9.47. The number of aromatic nitrogens is 8. The van der Waals surface area contributed by atoms with Crippen LogP contribution in [-0.4, -0.2) is 50.7 Å². The molecule has 47 heavy (non-hydrogen) atoms. The van der Waals surface area contributed by atoms with Crippen LogP contribution in [0.5, 0.6) is 0 Å². The summed E-state index contributed by atoms with van der Waals surface area (Å²) in [6, 6.07) is 0. The van der Waals surface area contributed by atoms with Gasteiger partial charge in [-0.3, -0.25) is 19.6 Å². The molecular weight excluding hydrogens is 600 g/mol. The summed E-state index contributed by atoms with van der Waals surface area (Å²) in [5.41, 5.74) is 21.9. The van der Waals surface area contributed by atoms with E-state index in [2.05, 4.69) is 72.9 Å². The van der Waals surface area contributed by atoms with Gasteiger partial charge in [0.05, 0.1) is 5.71 Å². The highest BCUT2D eigenvalue weighted by Gasteiger charge is 2.59. The van der Waals surface area contributed by atoms with E-state index in [0.29, 0.717) is 35.0 Å². The van der Waals surface area contributed by atoms with Crippen molar-refractivity contribution < 1.29 is 0 Å². The topological polar surface area (TPSA) is 228 Å². The average molecular weight is 641 g/mol. The van der Waals surface area contributed by atoms with Crippen LogP contribution >= 0.6 is 0 Å². The molecule has 4 aromatic heterocycles. The molecule has 4 aliphatic rings. The minimum Gasteiger partial charge on any atom is -0.369 e. The summed E-state index contributed by atoms with van der Waals surface area (Å²) in [7, 11) is 0. The van der Waals surface area contributed by atoms with Crippen LogP contribution in [0.4, 0.5) is 11.9 Å². The van der Waals surface area contributed by atoms with Crippen molar-refractivity contribution in [2.24, 2.45) is 44.7 Å². The molecule has 16 heteroatoms. The fourth-order valence-electron chi connectivity index (χ4n) is 9.67. The number of aromatic amines is 2. The zero-order valence-corrected chi connectivity index (χ0v) is 26.7. The molecule has 0 radical (unpaired) electrons. The van der Waals surface area contributed by atoms with Crippen LogP contribution in [0.1, 0.15) is 72.1 Å². The SMILES string of the molecule is C/C(=N/Nn1cnc2c(=O)[nH]c(N)nc21)[C@H]1CC[C@H]2[C@@H]3CCC4=C/C(=N/Nn5cnc6c(=O)[nH]c(N)nc65)CC[C@]4(C)[C@H]3CC[C@]12C. The zero-order chi connectivity index (χ0) is 32.7. The van der Waals surface area contributed by atoms with Crippen LogP contribution in [0, 0.1) is 34.5 Å². The van der Waals surface area contributed by atoms with Gasteiger partial charge in [-0.15, -0.1) is 0 Å². The third kappa shape index (κ3) is 4.55. The van der Waals surface area contributed by atoms with Gasteiger partial charge in [-0.2, -0.15) is 20.2 Å². The summed E-state index contributed by atoms with van der Waals surface area (Å²) in [5.74, 6) is 2.43. The molecule has 3 saturated carbocycles. The molecule has 3 fully saturated rings. The van der Waals surface area contributed by atoms with Crippen molar-refractivity contribution in [2.45, 2.75) is 72.1 Å². The molecule has 0 saturated heterocycles. The predicted octanol–water partition coefficient (Wildman–Crippen LogP) is 2.82. The Hall–Kier alpha value is -5.02. The summed E-state index contributed by atoms with van der Waals surface area (Å²) in [4.78, 5) is 46.1. The number of hydrogen-bond donors (Lipinski definition) is 6. The van der Waals surface area contributed by atoms with Gasteiger partial charge < -0.3 is 11.5 Å². The molecule has 246 valence electrons. The molecule has 16 nitrogen and oxygen atoms in total. The Morgan fingerprint density at radius 3 is 2.23 bits per heavy atom. The number of nitrogens with zero attached hydrogens (tertiary/aromatic N) is 8. The van der Waals surface area contributed by atoms with E-state index in [0.717, 1.165) is 37.1 Å². The van der Waals surface area contributed by atoms with Gasteiger partial charge in [-0.05, 0) is 93.0 Å². The van der Waals surface area contributed by atoms with Crippen LogP contribution in [0.2, 0.25) is 0 Å². The highest BCUT2D eigenvalue weighted by molar-refractivity contribution is 5.97. The fourth-order valence-corrected chi connectivity index (χ4v) is 9.67. The van der Waals surface area contributed by atoms with Crippen LogP contribution in [0.25, 0.3) is 22.3 Å². The van der Waals surface area contributed by atoms with Crippen LogP contribution < -0.4 is 33.7 Å². The lowest BCUT2D eigenvalue weighted by Gasteiger charge is -2.58. The maximum atomic E-state index is 12.2. The Morgan fingerprint density at radius 2 is 1.55 bits per heavy atom. The maximum Gasteiger partial charge on any atom is 0.280 e. The van der Waals surface area contributed by atoms with Gasteiger partial charge >= 0.3 is 0 Å². The van der Waals surface area contributed by atoms with E-state index in [-0.39, 0.29) is 44.9 Å². The first kappa shape index (κ1) is 29.4. The Bertz CT molecular complexity index is 2120. The van der Waals surface area contributed by atoms with Crippen LogP contribution in [0.15, 0.2) is 44.1 Å². The smallest absolute Gasteiger partial charge is 0.280 e. The second kappa shape index (κ2) is 10.5. The van der Waals surface area contributed by atoms with E-state index in [1.807, 2.05) is 0 Å². The highest BCUT2D eigenvalue weighted by atomic mass is 16.1. The first-order valence-electron chi connectivity index (χ1n) is 16.3. The molecule has 8 N–H and O–H groups in total. The molecule has 4 aliphatic carbocycles. The number of nitrogens with one attached hydrogen (secondary N) is 4. The van der Waals surface area contributed by atoms with Crippen molar-refractivity contribution >= 4 is 45.6 Å². The quantitative estimate of drug-likeness (QED) is 0.138. The van der Waals surface area contributed by atoms with E-state index in [4.69, 9.17) is 16.6 Å². The first-order valence-corrected chi connectivity index (χ1v) is 16.3. The number of hydrogen-bond acceptors (Lipinski definition) is 12. The number of fused-ring (bicyclic) bond motifs is 7. The second-order valence-corrected chi connectivity index (χ2v) is 14.2. The summed E-state index contributed by atoms with van der Waals surface area (Å²) >= 11 is 0. The molecular formula is C31H40N14O2. The summed E-state index contributed by atoms with van der Waals surface area (Å²) < 4.78 is 3.08. The average Bonchev–Trinajstić information content (AvgIpc) is 3.73. The molecule has 0 unspecified atom stereocenters. The molecule has 0 spiro atoms. The molecule has 6 atom stereocenters. The van der Waals surface area contributed by atoms with Gasteiger partial charge in [-0.1, -0.05) is 19.4 Å². The van der Waals surface area contributed by atoms with E-state index in [1.165, 1.54) is 48.6 Å². The van der Waals surface area contributed by atoms with Crippen molar-refractivity contribution in [1.29, 1.82) is 0 Å². The highest BCUT2D eigenvalue weighted by Crippen LogP contribution is 2.66. The largest absolute Gasteiger partial charge is 0.369 e. The number of hydrazone groups is 2. The number of nitrogens with two attached hydrogens (primary N) is 2. The lowest BCUT2D eigenvalue weighted by atomic mass is 9.46. The van der Waals surface area contributed by atoms with Gasteiger partial charge in [0.2, 0.25) is 11.9 Å². The molecule has 0 amide bonds. The van der Waals surface area contributed by atoms with E-state index >= 15 is 0 Å². The molecule has 4 heterocycles. The Kier molecular flexibility index (Phi) is 6.57. The van der Waals surface area contributed by atoms with Gasteiger partial charge in [0, 0.05) is 11.6 Å². The number of allylic oxidation sites excluding steroid dienone is 2. The predicted molar refractivity (Wildman–Crippen MR) is 180 cm³/mol. The standard InChI is InChI=1S/C31H40N14O2/c1-15(40-42-44-13-34-22-24(44)36-28(32)38-26(22)46)19-6-7-20-18-5-4-16-12-17(8-10-30(16,2)21(18)9-11-31(19,20)3)41-43-45-14-35-23-25(45)37-29(33)39-27(23)47/h12-14,18-21,42-43H,4-11H2,1-3H3,(H3,32,36,38,46)(H3,33,37,39,47)/b40-15-,41-17+/t18-,19+,20-,21-,30-,31+/m0/s1. The summed E-state index contributed by atoms with van der Waals surface area (Å²) in [6.45, 7) is 7.08. The third-order valence-corrected chi connectivity index (χ3v) is 12.0. The van der Waals surface area contributed by atoms with Gasteiger partial charge in [0.25, 0.3) is 11.1 Å². The number of rotatable bonds is 5. The monoisotopic (exact) mass is 640 g/mol. The molecule has 0 aliphatic heterocycles. The minimum absolute atomic E-state index is 0.0351. The molecule has 8 rings (SSSR count). The second-order valence-electron chi connectivity index (χ2n) is 14.2. The number of H-pyrrole nitrogens is 2. The molecule has 0 bridgehead atoms. The van der Waals surface area contributed by atoms with Gasteiger partial charge in [0.15, 0.2) is 22.3 Å². The van der Waals surface area contributed by atoms with E-state index in [9.17, 15) is 9.59 Å². The van der Waals surface area contributed by atoms with Gasteiger partial charge in [0.1, 0.15) is 12.7 Å². The van der Waals surface area contributed by atoms with Crippen LogP contribution in [-0.2, 0) is 0 Å². The Morgan fingerprint density at radius 1 is 0.894 bits per heavy atom.